The molecule has 23 heavy (non-hydrogen) atoms. The van der Waals surface area contributed by atoms with Crippen LogP contribution in [0.4, 0.5) is 10.6 Å². The van der Waals surface area contributed by atoms with E-state index in [1.165, 1.54) is 16.6 Å². The van der Waals surface area contributed by atoms with Crippen LogP contribution in [0, 0.1) is 0 Å². The van der Waals surface area contributed by atoms with Gasteiger partial charge in [0.05, 0.1) is 0 Å². The summed E-state index contributed by atoms with van der Waals surface area (Å²) >= 11 is 0. The first-order valence-corrected chi connectivity index (χ1v) is 6.69. The molecule has 0 spiro atoms. The van der Waals surface area contributed by atoms with Crippen molar-refractivity contribution < 1.29 is 19.4 Å². The molecule has 0 radical (unpaired) electrons. The van der Waals surface area contributed by atoms with Crippen LogP contribution in [0.1, 0.15) is 16.1 Å². The van der Waals surface area contributed by atoms with E-state index in [1.807, 2.05) is 30.3 Å². The van der Waals surface area contributed by atoms with Gasteiger partial charge in [0, 0.05) is 0 Å². The Morgan fingerprint density at radius 2 is 1.96 bits per heavy atom. The van der Waals surface area contributed by atoms with E-state index in [0.29, 0.717) is 5.52 Å². The number of carboxylic acid groups (broad SMARTS) is 1. The first kappa shape index (κ1) is 14.5. The number of ether oxygens (including phenoxy) is 1. The molecule has 3 rings (SSSR count). The van der Waals surface area contributed by atoms with Crippen molar-refractivity contribution in [2.45, 2.75) is 6.61 Å². The van der Waals surface area contributed by atoms with Crippen LogP contribution in [0.2, 0.25) is 0 Å². The van der Waals surface area contributed by atoms with Crippen LogP contribution in [-0.4, -0.2) is 31.8 Å². The van der Waals surface area contributed by atoms with Crippen molar-refractivity contribution in [3.8, 4) is 0 Å². The van der Waals surface area contributed by atoms with Crippen molar-refractivity contribution in [1.82, 2.24) is 14.6 Å². The fraction of sp³-hybridized carbons (Fsp3) is 0.0667. The van der Waals surface area contributed by atoms with Crippen LogP contribution in [-0.2, 0) is 11.3 Å². The Hall–Kier alpha value is -3.42. The second-order valence-electron chi connectivity index (χ2n) is 4.62. The summed E-state index contributed by atoms with van der Waals surface area (Å²) in [5, 5.41) is 15.4. The third-order valence-electron chi connectivity index (χ3n) is 3.10. The van der Waals surface area contributed by atoms with E-state index < -0.39 is 12.1 Å². The van der Waals surface area contributed by atoms with Gasteiger partial charge in [0.15, 0.2) is 11.5 Å². The number of carbonyl (C=O) groups is 2. The second-order valence-corrected chi connectivity index (χ2v) is 4.62. The minimum Gasteiger partial charge on any atom is -0.477 e. The number of carboxylic acids is 1. The summed E-state index contributed by atoms with van der Waals surface area (Å²) in [4.78, 5) is 26.9. The van der Waals surface area contributed by atoms with E-state index in [2.05, 4.69) is 15.4 Å². The smallest absolute Gasteiger partial charge is 0.413 e. The monoisotopic (exact) mass is 312 g/mol. The molecule has 0 saturated heterocycles. The molecule has 0 fully saturated rings. The first-order valence-electron chi connectivity index (χ1n) is 6.69. The summed E-state index contributed by atoms with van der Waals surface area (Å²) < 4.78 is 6.28. The summed E-state index contributed by atoms with van der Waals surface area (Å²) in [6, 6.07) is 12.1. The highest BCUT2D eigenvalue weighted by atomic mass is 16.5. The molecule has 0 aliphatic rings. The quantitative estimate of drug-likeness (QED) is 0.765. The lowest BCUT2D eigenvalue weighted by Gasteiger charge is -2.07. The third-order valence-corrected chi connectivity index (χ3v) is 3.10. The summed E-state index contributed by atoms with van der Waals surface area (Å²) in [7, 11) is 0. The fourth-order valence-electron chi connectivity index (χ4n) is 2.05. The molecule has 2 aromatic heterocycles. The predicted molar refractivity (Wildman–Crippen MR) is 80.2 cm³/mol. The van der Waals surface area contributed by atoms with Crippen LogP contribution in [0.5, 0.6) is 0 Å². The van der Waals surface area contributed by atoms with Crippen LogP contribution in [0.25, 0.3) is 5.52 Å². The molecule has 0 bridgehead atoms. The van der Waals surface area contributed by atoms with Gasteiger partial charge in [-0.15, -0.1) is 0 Å². The predicted octanol–water partition coefficient (Wildman–Crippen LogP) is 2.18. The lowest BCUT2D eigenvalue weighted by Crippen LogP contribution is -2.16. The Kier molecular flexibility index (Phi) is 3.88. The van der Waals surface area contributed by atoms with Crippen molar-refractivity contribution in [1.29, 1.82) is 0 Å². The van der Waals surface area contributed by atoms with E-state index >= 15 is 0 Å². The van der Waals surface area contributed by atoms with E-state index in [-0.39, 0.29) is 18.1 Å². The van der Waals surface area contributed by atoms with Gasteiger partial charge in [-0.1, -0.05) is 30.3 Å². The van der Waals surface area contributed by atoms with Crippen LogP contribution in [0.3, 0.4) is 0 Å². The molecule has 1 aromatic carbocycles. The molecule has 1 amide bonds. The van der Waals surface area contributed by atoms with Crippen LogP contribution >= 0.6 is 0 Å². The van der Waals surface area contributed by atoms with Crippen molar-refractivity contribution in [2.75, 3.05) is 5.32 Å². The van der Waals surface area contributed by atoms with E-state index in [0.717, 1.165) is 11.9 Å². The number of hydrogen-bond donors (Lipinski definition) is 2. The van der Waals surface area contributed by atoms with Crippen LogP contribution in [0.15, 0.2) is 48.8 Å². The number of nitrogens with zero attached hydrogens (tertiary/aromatic N) is 3. The zero-order valence-corrected chi connectivity index (χ0v) is 11.8. The molecule has 0 aliphatic carbocycles. The van der Waals surface area contributed by atoms with Gasteiger partial charge in [0.1, 0.15) is 18.5 Å². The van der Waals surface area contributed by atoms with Gasteiger partial charge in [0.2, 0.25) is 0 Å². The lowest BCUT2D eigenvalue weighted by molar-refractivity contribution is 0.0688. The van der Waals surface area contributed by atoms with Gasteiger partial charge in [-0.25, -0.2) is 19.1 Å². The van der Waals surface area contributed by atoms with Crippen molar-refractivity contribution in [2.24, 2.45) is 0 Å². The zero-order chi connectivity index (χ0) is 16.2. The van der Waals surface area contributed by atoms with Gasteiger partial charge < -0.3 is 9.84 Å². The standard InChI is InChI=1S/C15H12N4O4/c20-14(21)12-7-6-11-13(16-9-17-19(11)12)18-15(22)23-8-10-4-2-1-3-5-10/h1-7,9H,8H2,(H,20,21)(H,16,17,18,22). The average Bonchev–Trinajstić information content (AvgIpc) is 2.99. The minimum absolute atomic E-state index is 0.0249. The number of benzene rings is 1. The number of amides is 1. The van der Waals surface area contributed by atoms with Crippen LogP contribution < -0.4 is 5.32 Å². The lowest BCUT2D eigenvalue weighted by atomic mass is 10.2. The summed E-state index contributed by atoms with van der Waals surface area (Å²) in [5.41, 5.74) is 1.19. The molecule has 116 valence electrons. The highest BCUT2D eigenvalue weighted by Gasteiger charge is 2.15. The Morgan fingerprint density at radius 3 is 2.70 bits per heavy atom. The number of fused-ring (bicyclic) bond motifs is 1. The molecular formula is C15H12N4O4. The third kappa shape index (κ3) is 3.10. The van der Waals surface area contributed by atoms with E-state index in [4.69, 9.17) is 9.84 Å². The first-order chi connectivity index (χ1) is 11.1. The summed E-state index contributed by atoms with van der Waals surface area (Å²) in [6.45, 7) is 0.120. The van der Waals surface area contributed by atoms with Crippen molar-refractivity contribution in [3.05, 3.63) is 60.0 Å². The van der Waals surface area contributed by atoms with Crippen molar-refractivity contribution in [3.63, 3.8) is 0 Å². The maximum Gasteiger partial charge on any atom is 0.413 e. The SMILES string of the molecule is O=C(Nc1ncnn2c(C(=O)O)ccc12)OCc1ccccc1. The minimum atomic E-state index is -1.12. The molecule has 8 heteroatoms. The maximum absolute atomic E-state index is 11.9. The molecule has 0 atom stereocenters. The number of aromatic nitrogens is 3. The zero-order valence-electron chi connectivity index (χ0n) is 11.8. The largest absolute Gasteiger partial charge is 0.477 e. The summed E-state index contributed by atoms with van der Waals surface area (Å²) in [5.74, 6) is -0.952. The normalized spacial score (nSPS) is 10.4. The van der Waals surface area contributed by atoms with E-state index in [1.54, 1.807) is 0 Å². The molecule has 2 heterocycles. The molecule has 0 aliphatic heterocycles. The molecule has 2 N–H and O–H groups in total. The Bertz CT molecular complexity index is 860. The number of aromatic carboxylic acids is 1. The molecule has 3 aromatic rings. The number of carbonyl (C=O) groups excluding carboxylic acids is 1. The van der Waals surface area contributed by atoms with Gasteiger partial charge in [-0.2, -0.15) is 5.10 Å². The highest BCUT2D eigenvalue weighted by molar-refractivity contribution is 5.92. The molecule has 8 nitrogen and oxygen atoms in total. The molecule has 0 unspecified atom stereocenters. The number of rotatable bonds is 4. The van der Waals surface area contributed by atoms with Gasteiger partial charge in [0.25, 0.3) is 0 Å². The van der Waals surface area contributed by atoms with Crippen molar-refractivity contribution >= 4 is 23.4 Å². The Labute approximate surface area is 130 Å². The molecule has 0 saturated carbocycles. The number of anilines is 1. The Morgan fingerprint density at radius 1 is 1.17 bits per heavy atom. The Balaban J connectivity index is 1.74. The molecular weight excluding hydrogens is 300 g/mol. The fourth-order valence-corrected chi connectivity index (χ4v) is 2.05. The maximum atomic E-state index is 11.9. The number of nitrogens with one attached hydrogen (secondary N) is 1. The summed E-state index contributed by atoms with van der Waals surface area (Å²) in [6.07, 6.45) is 0.472. The van der Waals surface area contributed by atoms with Gasteiger partial charge in [-0.05, 0) is 17.7 Å². The second kappa shape index (κ2) is 6.14. The van der Waals surface area contributed by atoms with Gasteiger partial charge >= 0.3 is 12.1 Å². The number of hydrogen-bond acceptors (Lipinski definition) is 5. The van der Waals surface area contributed by atoms with Gasteiger partial charge in [-0.3, -0.25) is 5.32 Å². The van der Waals surface area contributed by atoms with E-state index in [9.17, 15) is 9.59 Å². The topological polar surface area (TPSA) is 106 Å². The average molecular weight is 312 g/mol. The highest BCUT2D eigenvalue weighted by Crippen LogP contribution is 2.16.